The Bertz CT molecular complexity index is 2470. The Hall–Kier alpha value is -6.22. The number of fused-ring (bicyclic) bond motifs is 9. The van der Waals surface area contributed by atoms with Crippen LogP contribution < -0.4 is 0 Å². The molecule has 0 radical (unpaired) electrons. The van der Waals surface area contributed by atoms with E-state index in [0.29, 0.717) is 5.92 Å². The highest BCUT2D eigenvalue weighted by Gasteiger charge is 2.25. The molecule has 0 aliphatic carbocycles. The van der Waals surface area contributed by atoms with Crippen LogP contribution in [0.4, 0.5) is 5.82 Å². The van der Waals surface area contributed by atoms with Gasteiger partial charge in [0.15, 0.2) is 0 Å². The van der Waals surface area contributed by atoms with E-state index in [-0.39, 0.29) is 0 Å². The van der Waals surface area contributed by atoms with Crippen LogP contribution in [0.2, 0.25) is 0 Å². The SMILES string of the molecule is CC1C=Nc2c(c3ncccc3n2-c2cc(-n3c4cnccc4c4ncccc43)cc(-n3c4ccncc4c4cccnc43)c2)C1. The minimum atomic E-state index is 0.338. The summed E-state index contributed by atoms with van der Waals surface area (Å²) in [5.74, 6) is 1.26. The molecule has 9 heteroatoms. The molecule has 1 aliphatic heterocycles. The summed E-state index contributed by atoms with van der Waals surface area (Å²) in [4.78, 5) is 28.5. The van der Waals surface area contributed by atoms with Crippen molar-refractivity contribution in [3.8, 4) is 17.1 Å². The van der Waals surface area contributed by atoms with Gasteiger partial charge in [0.2, 0.25) is 0 Å². The van der Waals surface area contributed by atoms with Gasteiger partial charge in [-0.15, -0.1) is 0 Å². The molecule has 1 unspecified atom stereocenters. The molecule has 9 nitrogen and oxygen atoms in total. The van der Waals surface area contributed by atoms with Crippen molar-refractivity contribution in [2.45, 2.75) is 13.3 Å². The molecule has 0 saturated carbocycles. The molecule has 0 N–H and O–H groups in total. The lowest BCUT2D eigenvalue weighted by atomic mass is 10.0. The number of benzene rings is 1. The van der Waals surface area contributed by atoms with Gasteiger partial charge in [-0.25, -0.2) is 9.98 Å². The molecule has 10 rings (SSSR count). The van der Waals surface area contributed by atoms with Crippen LogP contribution in [0.5, 0.6) is 0 Å². The van der Waals surface area contributed by atoms with Gasteiger partial charge >= 0.3 is 0 Å². The maximum Gasteiger partial charge on any atom is 0.145 e. The summed E-state index contributed by atoms with van der Waals surface area (Å²) >= 11 is 0. The highest BCUT2D eigenvalue weighted by atomic mass is 15.1. The van der Waals surface area contributed by atoms with Crippen molar-refractivity contribution in [3.05, 3.63) is 116 Å². The van der Waals surface area contributed by atoms with Crippen molar-refractivity contribution in [1.29, 1.82) is 0 Å². The molecule has 0 spiro atoms. The summed E-state index contributed by atoms with van der Waals surface area (Å²) in [6.07, 6.45) is 16.0. The van der Waals surface area contributed by atoms with Gasteiger partial charge in [0.1, 0.15) is 11.5 Å². The van der Waals surface area contributed by atoms with E-state index in [9.17, 15) is 0 Å². The van der Waals surface area contributed by atoms with E-state index in [2.05, 4.69) is 79.3 Å². The normalized spacial score (nSPS) is 14.7. The zero-order chi connectivity index (χ0) is 30.4. The van der Waals surface area contributed by atoms with E-state index >= 15 is 0 Å². The number of pyridine rings is 5. The van der Waals surface area contributed by atoms with E-state index in [1.807, 2.05) is 67.6 Å². The fourth-order valence-electron chi connectivity index (χ4n) is 7.20. The summed E-state index contributed by atoms with van der Waals surface area (Å²) in [6, 6.07) is 23.1. The van der Waals surface area contributed by atoms with Gasteiger partial charge in [-0.3, -0.25) is 29.1 Å². The van der Waals surface area contributed by atoms with Gasteiger partial charge in [-0.05, 0) is 79.1 Å². The lowest BCUT2D eigenvalue weighted by molar-refractivity contribution is 0.770. The van der Waals surface area contributed by atoms with Crippen LogP contribution in [0.3, 0.4) is 0 Å². The molecule has 0 fully saturated rings. The zero-order valence-electron chi connectivity index (χ0n) is 24.8. The summed E-state index contributed by atoms with van der Waals surface area (Å²) in [6.45, 7) is 2.20. The van der Waals surface area contributed by atoms with Crippen LogP contribution >= 0.6 is 0 Å². The van der Waals surface area contributed by atoms with Gasteiger partial charge < -0.3 is 4.57 Å². The van der Waals surface area contributed by atoms with Crippen LogP contribution in [-0.4, -0.2) is 44.8 Å². The first kappa shape index (κ1) is 25.1. The van der Waals surface area contributed by atoms with E-state index < -0.39 is 0 Å². The second-order valence-corrected chi connectivity index (χ2v) is 11.9. The van der Waals surface area contributed by atoms with Gasteiger partial charge in [0.05, 0.1) is 56.4 Å². The molecular weight excluding hydrogens is 570 g/mol. The Balaban J connectivity index is 1.36. The largest absolute Gasteiger partial charge is 0.306 e. The molecule has 218 valence electrons. The third kappa shape index (κ3) is 3.45. The van der Waals surface area contributed by atoms with Crippen molar-refractivity contribution < 1.29 is 0 Å². The number of hydrogen-bond donors (Lipinski definition) is 0. The number of rotatable bonds is 3. The quantitative estimate of drug-likeness (QED) is 0.209. The summed E-state index contributed by atoms with van der Waals surface area (Å²) < 4.78 is 6.73. The fourth-order valence-corrected chi connectivity index (χ4v) is 7.20. The maximum atomic E-state index is 5.02. The second kappa shape index (κ2) is 9.39. The van der Waals surface area contributed by atoms with Gasteiger partial charge in [-0.2, -0.15) is 0 Å². The minimum Gasteiger partial charge on any atom is -0.306 e. The first-order chi connectivity index (χ1) is 22.7. The molecule has 1 atom stereocenters. The fraction of sp³-hybridized carbons (Fsp3) is 0.0811. The summed E-state index contributed by atoms with van der Waals surface area (Å²) in [5.41, 5.74) is 10.9. The Morgan fingerprint density at radius 3 is 2.15 bits per heavy atom. The molecule has 46 heavy (non-hydrogen) atoms. The predicted molar refractivity (Wildman–Crippen MR) is 182 cm³/mol. The van der Waals surface area contributed by atoms with Crippen LogP contribution in [-0.2, 0) is 6.42 Å². The lowest BCUT2D eigenvalue weighted by Gasteiger charge is -2.18. The molecule has 9 heterocycles. The van der Waals surface area contributed by atoms with E-state index in [1.165, 1.54) is 5.56 Å². The molecule has 1 aliphatic rings. The first-order valence-electron chi connectivity index (χ1n) is 15.3. The Kier molecular flexibility index (Phi) is 5.13. The van der Waals surface area contributed by atoms with E-state index in [4.69, 9.17) is 19.9 Å². The van der Waals surface area contributed by atoms with E-state index in [1.54, 1.807) is 0 Å². The van der Waals surface area contributed by atoms with Crippen molar-refractivity contribution in [3.63, 3.8) is 0 Å². The lowest BCUT2D eigenvalue weighted by Crippen LogP contribution is -2.07. The Morgan fingerprint density at radius 1 is 0.587 bits per heavy atom. The van der Waals surface area contributed by atoms with Crippen molar-refractivity contribution in [1.82, 2.24) is 38.6 Å². The molecule has 0 bridgehead atoms. The first-order valence-corrected chi connectivity index (χ1v) is 15.3. The second-order valence-electron chi connectivity index (χ2n) is 11.9. The standard InChI is InChI=1S/C37H25N9/c1-22-15-28-35-32(7-4-11-41-35)46(37(28)43-19-22)25-17-23(44-31-6-3-10-40-34(31)27-8-13-39-21-33(27)44)16-24(18-25)45-30-9-14-38-20-29(30)26-5-2-12-42-36(26)45/h2-14,16-22H,15H2,1H3. The minimum absolute atomic E-state index is 0.338. The molecule has 0 amide bonds. The van der Waals surface area contributed by atoms with Crippen LogP contribution in [0.1, 0.15) is 12.5 Å². The number of nitrogens with zero attached hydrogens (tertiary/aromatic N) is 9. The predicted octanol–water partition coefficient (Wildman–Crippen LogP) is 7.69. The van der Waals surface area contributed by atoms with Gasteiger partial charge in [-0.1, -0.05) is 6.92 Å². The third-order valence-electron chi connectivity index (χ3n) is 9.09. The molecule has 0 saturated heterocycles. The maximum absolute atomic E-state index is 5.02. The molecular formula is C37H25N9. The topological polar surface area (TPSA) is 91.6 Å². The van der Waals surface area contributed by atoms with Crippen LogP contribution in [0.15, 0.2) is 115 Å². The van der Waals surface area contributed by atoms with Crippen molar-refractivity contribution in [2.24, 2.45) is 10.9 Å². The number of hydrogen-bond acceptors (Lipinski definition) is 6. The highest BCUT2D eigenvalue weighted by molar-refractivity contribution is 6.08. The van der Waals surface area contributed by atoms with Gasteiger partial charge in [0, 0.05) is 65.1 Å². The van der Waals surface area contributed by atoms with Gasteiger partial charge in [0.25, 0.3) is 0 Å². The number of aromatic nitrogens is 8. The molecule has 1 aromatic carbocycles. The average molecular weight is 596 g/mol. The van der Waals surface area contributed by atoms with Crippen molar-refractivity contribution >= 4 is 66.9 Å². The molecule has 8 aromatic heterocycles. The zero-order valence-corrected chi connectivity index (χ0v) is 24.8. The third-order valence-corrected chi connectivity index (χ3v) is 9.09. The average Bonchev–Trinajstić information content (AvgIpc) is 3.74. The smallest absolute Gasteiger partial charge is 0.145 e. The van der Waals surface area contributed by atoms with E-state index in [0.717, 1.165) is 84.2 Å². The van der Waals surface area contributed by atoms with Crippen LogP contribution in [0, 0.1) is 5.92 Å². The molecule has 9 aromatic rings. The van der Waals surface area contributed by atoms with Crippen LogP contribution in [0.25, 0.3) is 72.0 Å². The monoisotopic (exact) mass is 595 g/mol. The number of aliphatic imine (C=N–C) groups is 1. The van der Waals surface area contributed by atoms with Crippen molar-refractivity contribution in [2.75, 3.05) is 0 Å². The Labute approximate surface area is 262 Å². The Morgan fingerprint density at radius 2 is 1.28 bits per heavy atom. The summed E-state index contributed by atoms with van der Waals surface area (Å²) in [5, 5.41) is 3.15. The summed E-state index contributed by atoms with van der Waals surface area (Å²) in [7, 11) is 0. The highest BCUT2D eigenvalue weighted by Crippen LogP contribution is 2.40.